The highest BCUT2D eigenvalue weighted by atomic mass is 32.2. The Kier molecular flexibility index (Phi) is 4.13. The van der Waals surface area contributed by atoms with E-state index in [9.17, 15) is 4.79 Å². The van der Waals surface area contributed by atoms with Crippen LogP contribution in [0.3, 0.4) is 0 Å². The van der Waals surface area contributed by atoms with Gasteiger partial charge in [-0.25, -0.2) is 0 Å². The maximum atomic E-state index is 12.1. The fraction of sp³-hybridized carbons (Fsp3) is 0.923. The van der Waals surface area contributed by atoms with E-state index in [2.05, 4.69) is 6.92 Å². The zero-order valence-electron chi connectivity index (χ0n) is 9.71. The van der Waals surface area contributed by atoms with Crippen LogP contribution in [0.2, 0.25) is 0 Å². The van der Waals surface area contributed by atoms with Crippen LogP contribution in [0.4, 0.5) is 0 Å². The Bertz CT molecular complexity index is 221. The fourth-order valence-electron chi connectivity index (χ4n) is 3.01. The van der Waals surface area contributed by atoms with Gasteiger partial charge in [0.1, 0.15) is 5.78 Å². The van der Waals surface area contributed by atoms with E-state index in [-0.39, 0.29) is 0 Å². The van der Waals surface area contributed by atoms with Crippen LogP contribution >= 0.6 is 11.8 Å². The van der Waals surface area contributed by atoms with E-state index in [0.717, 1.165) is 6.42 Å². The summed E-state index contributed by atoms with van der Waals surface area (Å²) >= 11 is 2.05. The van der Waals surface area contributed by atoms with Crippen molar-refractivity contribution in [3.05, 3.63) is 0 Å². The molecule has 15 heavy (non-hydrogen) atoms. The van der Waals surface area contributed by atoms with Crippen LogP contribution in [-0.2, 0) is 4.79 Å². The zero-order chi connectivity index (χ0) is 10.7. The molecule has 1 heterocycles. The fourth-order valence-corrected chi connectivity index (χ4v) is 4.21. The largest absolute Gasteiger partial charge is 0.299 e. The van der Waals surface area contributed by atoms with Crippen molar-refractivity contribution < 1.29 is 4.79 Å². The molecule has 1 saturated carbocycles. The third-order valence-corrected chi connectivity index (χ3v) is 5.15. The predicted molar refractivity (Wildman–Crippen MR) is 66.2 cm³/mol. The first-order chi connectivity index (χ1) is 7.27. The van der Waals surface area contributed by atoms with E-state index < -0.39 is 0 Å². The number of hydrogen-bond acceptors (Lipinski definition) is 2. The summed E-state index contributed by atoms with van der Waals surface area (Å²) in [4.78, 5) is 12.1. The van der Waals surface area contributed by atoms with Crippen molar-refractivity contribution in [1.29, 1.82) is 0 Å². The Morgan fingerprint density at radius 3 is 2.53 bits per heavy atom. The number of carbonyl (C=O) groups is 1. The highest BCUT2D eigenvalue weighted by Crippen LogP contribution is 2.35. The van der Waals surface area contributed by atoms with Gasteiger partial charge in [0, 0.05) is 12.3 Å². The summed E-state index contributed by atoms with van der Waals surface area (Å²) in [6.07, 6.45) is 7.15. The highest BCUT2D eigenvalue weighted by Gasteiger charge is 2.30. The lowest BCUT2D eigenvalue weighted by molar-refractivity contribution is -0.124. The number of rotatable bonds is 3. The van der Waals surface area contributed by atoms with E-state index in [1.54, 1.807) is 0 Å². The molecular formula is C13H22OS. The minimum absolute atomic E-state index is 0.416. The van der Waals surface area contributed by atoms with Crippen LogP contribution in [0, 0.1) is 17.8 Å². The molecule has 1 saturated heterocycles. The number of Topliss-reactive ketones (excluding diaryl/α,β-unsaturated/α-hetero) is 1. The van der Waals surface area contributed by atoms with Crippen LogP contribution in [0.15, 0.2) is 0 Å². The summed E-state index contributed by atoms with van der Waals surface area (Å²) in [5.74, 6) is 4.93. The third kappa shape index (κ3) is 2.99. The maximum absolute atomic E-state index is 12.1. The summed E-state index contributed by atoms with van der Waals surface area (Å²) in [7, 11) is 0. The molecule has 2 rings (SSSR count). The number of thioether (sulfide) groups is 1. The first kappa shape index (κ1) is 11.5. The normalized spacial score (nSPS) is 33.1. The molecule has 0 aromatic carbocycles. The van der Waals surface area contributed by atoms with Gasteiger partial charge in [-0.05, 0) is 49.0 Å². The quantitative estimate of drug-likeness (QED) is 0.732. The lowest BCUT2D eigenvalue weighted by Gasteiger charge is -2.23. The molecule has 0 N–H and O–H groups in total. The molecule has 0 radical (unpaired) electrons. The zero-order valence-corrected chi connectivity index (χ0v) is 10.5. The maximum Gasteiger partial charge on any atom is 0.136 e. The summed E-state index contributed by atoms with van der Waals surface area (Å²) < 4.78 is 0. The van der Waals surface area contributed by atoms with Crippen LogP contribution < -0.4 is 0 Å². The van der Waals surface area contributed by atoms with Gasteiger partial charge in [-0.1, -0.05) is 13.3 Å². The summed E-state index contributed by atoms with van der Waals surface area (Å²) in [5, 5.41) is 0. The van der Waals surface area contributed by atoms with Crippen molar-refractivity contribution in [1.82, 2.24) is 0 Å². The minimum Gasteiger partial charge on any atom is -0.299 e. The van der Waals surface area contributed by atoms with Crippen molar-refractivity contribution in [3.8, 4) is 0 Å². The SMILES string of the molecule is CC1CCCC1C(=O)CC1CCSCC1. The molecule has 2 fully saturated rings. The van der Waals surface area contributed by atoms with Gasteiger partial charge in [0.15, 0.2) is 0 Å². The number of ketones is 1. The molecule has 0 aromatic heterocycles. The Balaban J connectivity index is 1.80. The molecule has 2 atom stereocenters. The molecule has 0 aromatic rings. The average Bonchev–Trinajstić information content (AvgIpc) is 2.66. The molecule has 1 aliphatic heterocycles. The second kappa shape index (κ2) is 5.38. The number of hydrogen-bond donors (Lipinski definition) is 0. The standard InChI is InChI=1S/C13H22OS/c1-10-3-2-4-12(10)13(14)9-11-5-7-15-8-6-11/h10-12H,2-9H2,1H3. The molecular weight excluding hydrogens is 204 g/mol. The van der Waals surface area contributed by atoms with Crippen molar-refractivity contribution in [2.75, 3.05) is 11.5 Å². The van der Waals surface area contributed by atoms with E-state index in [4.69, 9.17) is 0 Å². The Hall–Kier alpha value is 0.0200. The van der Waals surface area contributed by atoms with E-state index >= 15 is 0 Å². The number of carbonyl (C=O) groups excluding carboxylic acids is 1. The van der Waals surface area contributed by atoms with Crippen molar-refractivity contribution >= 4 is 17.5 Å². The topological polar surface area (TPSA) is 17.1 Å². The minimum atomic E-state index is 0.416. The lowest BCUT2D eigenvalue weighted by Crippen LogP contribution is -2.22. The molecule has 2 aliphatic rings. The van der Waals surface area contributed by atoms with E-state index in [1.807, 2.05) is 11.8 Å². The van der Waals surface area contributed by atoms with Gasteiger partial charge in [0.2, 0.25) is 0 Å². The Morgan fingerprint density at radius 1 is 1.20 bits per heavy atom. The van der Waals surface area contributed by atoms with E-state index in [0.29, 0.717) is 23.5 Å². The Labute approximate surface area is 97.4 Å². The average molecular weight is 226 g/mol. The molecule has 1 aliphatic carbocycles. The van der Waals surface area contributed by atoms with Gasteiger partial charge < -0.3 is 0 Å². The molecule has 2 unspecified atom stereocenters. The van der Waals surface area contributed by atoms with Gasteiger partial charge in [-0.2, -0.15) is 11.8 Å². The lowest BCUT2D eigenvalue weighted by atomic mass is 9.86. The van der Waals surface area contributed by atoms with Crippen molar-refractivity contribution in [2.24, 2.45) is 17.8 Å². The van der Waals surface area contributed by atoms with Crippen molar-refractivity contribution in [3.63, 3.8) is 0 Å². The first-order valence-electron chi connectivity index (χ1n) is 6.38. The van der Waals surface area contributed by atoms with Gasteiger partial charge in [0.05, 0.1) is 0 Å². The van der Waals surface area contributed by atoms with Gasteiger partial charge in [-0.3, -0.25) is 4.79 Å². The van der Waals surface area contributed by atoms with Gasteiger partial charge >= 0.3 is 0 Å². The molecule has 2 heteroatoms. The Morgan fingerprint density at radius 2 is 1.93 bits per heavy atom. The monoisotopic (exact) mass is 226 g/mol. The van der Waals surface area contributed by atoms with Crippen LogP contribution in [0.1, 0.15) is 45.4 Å². The third-order valence-electron chi connectivity index (χ3n) is 4.11. The molecule has 86 valence electrons. The summed E-state index contributed by atoms with van der Waals surface area (Å²) in [6, 6.07) is 0. The van der Waals surface area contributed by atoms with E-state index in [1.165, 1.54) is 43.6 Å². The molecule has 0 bridgehead atoms. The molecule has 0 spiro atoms. The second-order valence-corrected chi connectivity index (χ2v) is 6.47. The first-order valence-corrected chi connectivity index (χ1v) is 7.53. The molecule has 0 amide bonds. The second-order valence-electron chi connectivity index (χ2n) is 5.24. The summed E-state index contributed by atoms with van der Waals surface area (Å²) in [5.41, 5.74) is 0. The summed E-state index contributed by atoms with van der Waals surface area (Å²) in [6.45, 7) is 2.26. The van der Waals surface area contributed by atoms with Gasteiger partial charge in [-0.15, -0.1) is 0 Å². The predicted octanol–water partition coefficient (Wildman–Crippen LogP) is 3.53. The van der Waals surface area contributed by atoms with Gasteiger partial charge in [0.25, 0.3) is 0 Å². The van der Waals surface area contributed by atoms with Crippen LogP contribution in [-0.4, -0.2) is 17.3 Å². The molecule has 1 nitrogen and oxygen atoms in total. The van der Waals surface area contributed by atoms with Crippen LogP contribution in [0.25, 0.3) is 0 Å². The highest BCUT2D eigenvalue weighted by molar-refractivity contribution is 7.99. The smallest absolute Gasteiger partial charge is 0.136 e. The van der Waals surface area contributed by atoms with Crippen LogP contribution in [0.5, 0.6) is 0 Å². The van der Waals surface area contributed by atoms with Crippen molar-refractivity contribution in [2.45, 2.75) is 45.4 Å².